The first-order valence-corrected chi connectivity index (χ1v) is 2.23. The Kier molecular flexibility index (Phi) is 4.62. The van der Waals surface area contributed by atoms with Crippen molar-refractivity contribution >= 4 is 6.21 Å². The summed E-state index contributed by atoms with van der Waals surface area (Å²) in [5, 5.41) is 0. The van der Waals surface area contributed by atoms with Crippen molar-refractivity contribution in [1.29, 1.82) is 0 Å². The average molecular weight is 98.1 g/mol. The highest BCUT2D eigenvalue weighted by Crippen LogP contribution is 1.66. The molecule has 2 N–H and O–H groups in total. The highest BCUT2D eigenvalue weighted by molar-refractivity contribution is 5.53. The smallest absolute Gasteiger partial charge is 0.0582 e. The normalized spacial score (nSPS) is 11.6. The molecule has 7 heavy (non-hydrogen) atoms. The molecule has 0 aliphatic carbocycles. The Bertz CT molecular complexity index is 64.1. The van der Waals surface area contributed by atoms with E-state index in [1.54, 1.807) is 12.3 Å². The van der Waals surface area contributed by atoms with Crippen LogP contribution in [0.4, 0.5) is 0 Å². The molecule has 0 saturated heterocycles. The second-order valence-corrected chi connectivity index (χ2v) is 1.05. The van der Waals surface area contributed by atoms with E-state index >= 15 is 0 Å². The molecule has 0 aromatic carbocycles. The number of hydrogen-bond acceptors (Lipinski definition) is 2. The topological polar surface area (TPSA) is 38.4 Å². The van der Waals surface area contributed by atoms with E-state index in [0.29, 0.717) is 6.54 Å². The van der Waals surface area contributed by atoms with Crippen LogP contribution in [0.15, 0.2) is 17.3 Å². The minimum absolute atomic E-state index is 0.701. The Balaban J connectivity index is 2.98. The SMILES string of the molecule is CC=NC/C=C\N. The van der Waals surface area contributed by atoms with Gasteiger partial charge >= 0.3 is 0 Å². The predicted octanol–water partition coefficient (Wildman–Crippen LogP) is 0.550. The number of nitrogens with zero attached hydrogens (tertiary/aromatic N) is 1. The fraction of sp³-hybridized carbons (Fsp3) is 0.400. The number of rotatable bonds is 2. The summed E-state index contributed by atoms with van der Waals surface area (Å²) in [6, 6.07) is 0. The minimum Gasteiger partial charge on any atom is -0.405 e. The van der Waals surface area contributed by atoms with Crippen molar-refractivity contribution in [2.75, 3.05) is 6.54 Å². The van der Waals surface area contributed by atoms with Gasteiger partial charge in [0.05, 0.1) is 6.54 Å². The first-order valence-electron chi connectivity index (χ1n) is 2.23. The third kappa shape index (κ3) is 5.21. The summed E-state index contributed by atoms with van der Waals surface area (Å²) in [5.41, 5.74) is 5.01. The first-order chi connectivity index (χ1) is 3.41. The van der Waals surface area contributed by atoms with Crippen LogP contribution in [0.3, 0.4) is 0 Å². The summed E-state index contributed by atoms with van der Waals surface area (Å²) >= 11 is 0. The second-order valence-electron chi connectivity index (χ2n) is 1.05. The van der Waals surface area contributed by atoms with Crippen molar-refractivity contribution in [2.24, 2.45) is 10.7 Å². The molecule has 0 bridgehead atoms. The van der Waals surface area contributed by atoms with Crippen LogP contribution in [0.2, 0.25) is 0 Å². The Morgan fingerprint density at radius 2 is 2.43 bits per heavy atom. The van der Waals surface area contributed by atoms with Gasteiger partial charge in [-0.05, 0) is 25.4 Å². The van der Waals surface area contributed by atoms with Crippen LogP contribution in [0.25, 0.3) is 0 Å². The summed E-state index contributed by atoms with van der Waals surface area (Å²) in [5.74, 6) is 0. The molecule has 0 atom stereocenters. The van der Waals surface area contributed by atoms with Crippen LogP contribution in [-0.2, 0) is 0 Å². The van der Waals surface area contributed by atoms with E-state index in [9.17, 15) is 0 Å². The molecule has 0 aliphatic rings. The quantitative estimate of drug-likeness (QED) is 0.503. The monoisotopic (exact) mass is 98.1 g/mol. The molecule has 0 amide bonds. The molecule has 0 saturated carbocycles. The lowest BCUT2D eigenvalue weighted by molar-refractivity contribution is 1.24. The zero-order chi connectivity index (χ0) is 5.54. The fourth-order valence-electron chi connectivity index (χ4n) is 0.227. The third-order valence-corrected chi connectivity index (χ3v) is 0.529. The zero-order valence-corrected chi connectivity index (χ0v) is 4.46. The van der Waals surface area contributed by atoms with Gasteiger partial charge in [0.1, 0.15) is 0 Å². The van der Waals surface area contributed by atoms with Crippen LogP contribution < -0.4 is 5.73 Å². The van der Waals surface area contributed by atoms with E-state index in [0.717, 1.165) is 0 Å². The second kappa shape index (κ2) is 5.21. The summed E-state index contributed by atoms with van der Waals surface area (Å²) < 4.78 is 0. The maximum atomic E-state index is 5.01. The van der Waals surface area contributed by atoms with Gasteiger partial charge in [-0.25, -0.2) is 0 Å². The van der Waals surface area contributed by atoms with Gasteiger partial charge in [0, 0.05) is 0 Å². The zero-order valence-electron chi connectivity index (χ0n) is 4.46. The molecular weight excluding hydrogens is 88.1 g/mol. The molecular formula is C5H10N2. The van der Waals surface area contributed by atoms with E-state index in [4.69, 9.17) is 5.73 Å². The Morgan fingerprint density at radius 3 is 2.86 bits per heavy atom. The molecule has 0 fully saturated rings. The van der Waals surface area contributed by atoms with Gasteiger partial charge < -0.3 is 5.73 Å². The summed E-state index contributed by atoms with van der Waals surface area (Å²) in [6.45, 7) is 2.58. The lowest BCUT2D eigenvalue weighted by Gasteiger charge is -1.75. The summed E-state index contributed by atoms with van der Waals surface area (Å²) in [7, 11) is 0. The van der Waals surface area contributed by atoms with E-state index < -0.39 is 0 Å². The van der Waals surface area contributed by atoms with E-state index in [1.807, 2.05) is 6.92 Å². The lowest BCUT2D eigenvalue weighted by atomic mass is 10.6. The van der Waals surface area contributed by atoms with Gasteiger partial charge in [-0.2, -0.15) is 0 Å². The van der Waals surface area contributed by atoms with Gasteiger partial charge in [-0.1, -0.05) is 0 Å². The van der Waals surface area contributed by atoms with Crippen molar-refractivity contribution in [1.82, 2.24) is 0 Å². The molecule has 0 unspecified atom stereocenters. The molecule has 0 aromatic rings. The van der Waals surface area contributed by atoms with Crippen LogP contribution >= 0.6 is 0 Å². The van der Waals surface area contributed by atoms with E-state index in [-0.39, 0.29) is 0 Å². The highest BCUT2D eigenvalue weighted by Gasteiger charge is 1.61. The van der Waals surface area contributed by atoms with Crippen molar-refractivity contribution < 1.29 is 0 Å². The maximum Gasteiger partial charge on any atom is 0.0582 e. The molecule has 0 aromatic heterocycles. The number of hydrogen-bond donors (Lipinski definition) is 1. The summed E-state index contributed by atoms with van der Waals surface area (Å²) in [4.78, 5) is 3.87. The number of aliphatic imine (C=N–C) groups is 1. The molecule has 0 aliphatic heterocycles. The van der Waals surface area contributed by atoms with Crippen LogP contribution in [0, 0.1) is 0 Å². The summed E-state index contributed by atoms with van der Waals surface area (Å²) in [6.07, 6.45) is 5.03. The van der Waals surface area contributed by atoms with Crippen LogP contribution in [-0.4, -0.2) is 12.8 Å². The van der Waals surface area contributed by atoms with Crippen molar-refractivity contribution in [3.8, 4) is 0 Å². The van der Waals surface area contributed by atoms with Gasteiger partial charge in [-0.3, -0.25) is 4.99 Å². The highest BCUT2D eigenvalue weighted by atomic mass is 14.7. The lowest BCUT2D eigenvalue weighted by Crippen LogP contribution is -1.78. The average Bonchev–Trinajstić information content (AvgIpc) is 1.69. The Labute approximate surface area is 43.7 Å². The molecule has 0 radical (unpaired) electrons. The third-order valence-electron chi connectivity index (χ3n) is 0.529. The van der Waals surface area contributed by atoms with Crippen molar-refractivity contribution in [3.05, 3.63) is 12.3 Å². The van der Waals surface area contributed by atoms with Crippen molar-refractivity contribution in [3.63, 3.8) is 0 Å². The number of nitrogens with two attached hydrogens (primary N) is 1. The molecule has 0 heterocycles. The fourth-order valence-corrected chi connectivity index (χ4v) is 0.227. The molecule has 0 rings (SSSR count). The van der Waals surface area contributed by atoms with Gasteiger partial charge in [0.2, 0.25) is 0 Å². The molecule has 0 spiro atoms. The standard InChI is InChI=1S/C5H10N2/c1-2-7-5-3-4-6/h2-4H,5-6H2,1H3/b4-3-,7-2?. The van der Waals surface area contributed by atoms with Crippen LogP contribution in [0.1, 0.15) is 6.92 Å². The molecule has 2 heteroatoms. The molecule has 2 nitrogen and oxygen atoms in total. The van der Waals surface area contributed by atoms with Crippen molar-refractivity contribution in [2.45, 2.75) is 6.92 Å². The van der Waals surface area contributed by atoms with E-state index in [1.165, 1.54) is 6.20 Å². The first kappa shape index (κ1) is 6.21. The van der Waals surface area contributed by atoms with Gasteiger partial charge in [0.15, 0.2) is 0 Å². The largest absolute Gasteiger partial charge is 0.405 e. The Hall–Kier alpha value is -0.790. The maximum absolute atomic E-state index is 5.01. The predicted molar refractivity (Wildman–Crippen MR) is 32.4 cm³/mol. The molecule has 40 valence electrons. The minimum atomic E-state index is 0.701. The van der Waals surface area contributed by atoms with Gasteiger partial charge in [-0.15, -0.1) is 0 Å². The van der Waals surface area contributed by atoms with E-state index in [2.05, 4.69) is 4.99 Å². The van der Waals surface area contributed by atoms with Crippen LogP contribution in [0.5, 0.6) is 0 Å². The van der Waals surface area contributed by atoms with Gasteiger partial charge in [0.25, 0.3) is 0 Å². The Morgan fingerprint density at radius 1 is 1.71 bits per heavy atom.